The average Bonchev–Trinajstić information content (AvgIpc) is 2.61. The smallest absolute Gasteiger partial charge is 0.310 e. The second-order valence-electron chi connectivity index (χ2n) is 3.70. The van der Waals surface area contributed by atoms with E-state index >= 15 is 0 Å². The van der Waals surface area contributed by atoms with Gasteiger partial charge >= 0.3 is 5.97 Å². The third-order valence-electron chi connectivity index (χ3n) is 2.66. The summed E-state index contributed by atoms with van der Waals surface area (Å²) in [6, 6.07) is 6.02. The maximum Gasteiger partial charge on any atom is 0.310 e. The van der Waals surface area contributed by atoms with E-state index in [1.54, 1.807) is 18.3 Å². The summed E-state index contributed by atoms with van der Waals surface area (Å²) >= 11 is 1.62. The maximum absolute atomic E-state index is 10.9. The van der Waals surface area contributed by atoms with E-state index < -0.39 is 11.9 Å². The molecule has 2 rings (SSSR count). The Morgan fingerprint density at radius 3 is 2.87 bits per heavy atom. The molecule has 0 spiro atoms. The number of carbonyl (C=O) groups is 1. The summed E-state index contributed by atoms with van der Waals surface area (Å²) in [6.07, 6.45) is 0. The van der Waals surface area contributed by atoms with E-state index in [1.165, 1.54) is 10.3 Å². The molecule has 1 aromatic heterocycles. The van der Waals surface area contributed by atoms with Crippen molar-refractivity contribution in [2.24, 2.45) is 0 Å². The number of aliphatic carboxylic acids is 1. The van der Waals surface area contributed by atoms with Crippen molar-refractivity contribution in [2.45, 2.75) is 19.8 Å². The first-order chi connectivity index (χ1) is 7.11. The van der Waals surface area contributed by atoms with Crippen molar-refractivity contribution < 1.29 is 9.90 Å². The van der Waals surface area contributed by atoms with Gasteiger partial charge in [0.2, 0.25) is 0 Å². The molecule has 1 N–H and O–H groups in total. The van der Waals surface area contributed by atoms with E-state index in [4.69, 9.17) is 5.11 Å². The summed E-state index contributed by atoms with van der Waals surface area (Å²) in [5, 5.41) is 12.0. The molecule has 2 nitrogen and oxygen atoms in total. The van der Waals surface area contributed by atoms with Gasteiger partial charge in [0.05, 0.1) is 5.92 Å². The number of benzene rings is 1. The minimum Gasteiger partial charge on any atom is -0.481 e. The molecule has 78 valence electrons. The van der Waals surface area contributed by atoms with Crippen molar-refractivity contribution in [1.29, 1.82) is 0 Å². The van der Waals surface area contributed by atoms with Crippen LogP contribution in [0.4, 0.5) is 0 Å². The van der Waals surface area contributed by atoms with Gasteiger partial charge in [-0.3, -0.25) is 4.79 Å². The normalized spacial score (nSPS) is 12.9. The molecule has 1 atom stereocenters. The molecule has 0 aliphatic rings. The lowest BCUT2D eigenvalue weighted by Crippen LogP contribution is -2.06. The fourth-order valence-corrected chi connectivity index (χ4v) is 2.83. The third kappa shape index (κ3) is 1.63. The Hall–Kier alpha value is -1.35. The first kappa shape index (κ1) is 10.2. The predicted octanol–water partition coefficient (Wildman–Crippen LogP) is 3.40. The third-order valence-corrected chi connectivity index (χ3v) is 3.81. The zero-order valence-corrected chi connectivity index (χ0v) is 9.47. The molecular formula is C12H12O2S. The minimum absolute atomic E-state index is 0.430. The molecule has 1 aromatic carbocycles. The van der Waals surface area contributed by atoms with Crippen molar-refractivity contribution in [3.05, 3.63) is 34.7 Å². The van der Waals surface area contributed by atoms with Gasteiger partial charge in [0, 0.05) is 4.70 Å². The van der Waals surface area contributed by atoms with Crippen LogP contribution in [-0.2, 0) is 4.79 Å². The van der Waals surface area contributed by atoms with Gasteiger partial charge < -0.3 is 5.11 Å². The highest BCUT2D eigenvalue weighted by Crippen LogP contribution is 2.33. The topological polar surface area (TPSA) is 37.3 Å². The molecular weight excluding hydrogens is 208 g/mol. The minimum atomic E-state index is -0.767. The van der Waals surface area contributed by atoms with Crippen molar-refractivity contribution in [3.63, 3.8) is 0 Å². The molecule has 0 radical (unpaired) electrons. The van der Waals surface area contributed by atoms with Gasteiger partial charge in [-0.05, 0) is 35.7 Å². The summed E-state index contributed by atoms with van der Waals surface area (Å²) < 4.78 is 1.20. The van der Waals surface area contributed by atoms with Crippen LogP contribution in [-0.4, -0.2) is 11.1 Å². The largest absolute Gasteiger partial charge is 0.481 e. The van der Waals surface area contributed by atoms with Crippen molar-refractivity contribution in [1.82, 2.24) is 0 Å². The first-order valence-corrected chi connectivity index (χ1v) is 5.68. The van der Waals surface area contributed by atoms with Crippen LogP contribution in [0.1, 0.15) is 24.0 Å². The van der Waals surface area contributed by atoms with Gasteiger partial charge in [-0.15, -0.1) is 11.3 Å². The quantitative estimate of drug-likeness (QED) is 0.842. The van der Waals surface area contributed by atoms with Gasteiger partial charge in [-0.2, -0.15) is 0 Å². The Balaban J connectivity index is 2.64. The molecule has 3 heteroatoms. The predicted molar refractivity (Wildman–Crippen MR) is 62.6 cm³/mol. The fraction of sp³-hybridized carbons (Fsp3) is 0.250. The molecule has 15 heavy (non-hydrogen) atoms. The van der Waals surface area contributed by atoms with Gasteiger partial charge in [-0.25, -0.2) is 0 Å². The summed E-state index contributed by atoms with van der Waals surface area (Å²) in [4.78, 5) is 10.9. The van der Waals surface area contributed by atoms with Gasteiger partial charge in [0.15, 0.2) is 0 Å². The highest BCUT2D eigenvalue weighted by atomic mass is 32.1. The molecule has 1 heterocycles. The SMILES string of the molecule is Cc1cccc2c(C(C)C(=O)O)csc12. The Morgan fingerprint density at radius 2 is 2.20 bits per heavy atom. The van der Waals surface area contributed by atoms with Crippen molar-refractivity contribution >= 4 is 27.4 Å². The highest BCUT2D eigenvalue weighted by molar-refractivity contribution is 7.17. The lowest BCUT2D eigenvalue weighted by molar-refractivity contribution is -0.138. The van der Waals surface area contributed by atoms with E-state index in [0.29, 0.717) is 0 Å². The summed E-state index contributed by atoms with van der Waals surface area (Å²) in [5.41, 5.74) is 2.13. The molecule has 0 bridgehead atoms. The number of fused-ring (bicyclic) bond motifs is 1. The Kier molecular flexibility index (Phi) is 2.49. The molecule has 0 saturated carbocycles. The molecule has 0 aliphatic carbocycles. The molecule has 0 aliphatic heterocycles. The molecule has 0 saturated heterocycles. The second-order valence-corrected chi connectivity index (χ2v) is 4.58. The van der Waals surface area contributed by atoms with Crippen LogP contribution in [0.15, 0.2) is 23.6 Å². The monoisotopic (exact) mass is 220 g/mol. The summed E-state index contributed by atoms with van der Waals surface area (Å²) in [6.45, 7) is 3.78. The molecule has 2 aromatic rings. The number of thiophene rings is 1. The number of carboxylic acids is 1. The van der Waals surface area contributed by atoms with E-state index in [0.717, 1.165) is 10.9 Å². The summed E-state index contributed by atoms with van der Waals surface area (Å²) in [7, 11) is 0. The zero-order valence-electron chi connectivity index (χ0n) is 8.65. The highest BCUT2D eigenvalue weighted by Gasteiger charge is 2.17. The van der Waals surface area contributed by atoms with E-state index in [2.05, 4.69) is 0 Å². The van der Waals surface area contributed by atoms with Crippen molar-refractivity contribution in [3.8, 4) is 0 Å². The van der Waals surface area contributed by atoms with Crippen LogP contribution in [0.3, 0.4) is 0 Å². The average molecular weight is 220 g/mol. The van der Waals surface area contributed by atoms with E-state index in [-0.39, 0.29) is 0 Å². The van der Waals surface area contributed by atoms with Crippen LogP contribution in [0, 0.1) is 6.92 Å². The van der Waals surface area contributed by atoms with Gasteiger partial charge in [0.1, 0.15) is 0 Å². The molecule has 0 fully saturated rings. The standard InChI is InChI=1S/C12H12O2S/c1-7-4-3-5-9-10(6-15-11(7)9)8(2)12(13)14/h3-6,8H,1-2H3,(H,13,14). The van der Waals surface area contributed by atoms with E-state index in [1.807, 2.05) is 30.5 Å². The van der Waals surface area contributed by atoms with Crippen LogP contribution in [0.2, 0.25) is 0 Å². The summed E-state index contributed by atoms with van der Waals surface area (Å²) in [5.74, 6) is -1.20. The Morgan fingerprint density at radius 1 is 1.47 bits per heavy atom. The van der Waals surface area contributed by atoms with Crippen molar-refractivity contribution in [2.75, 3.05) is 0 Å². The molecule has 0 amide bonds. The van der Waals surface area contributed by atoms with E-state index in [9.17, 15) is 4.79 Å². The number of hydrogen-bond donors (Lipinski definition) is 1. The van der Waals surface area contributed by atoms with Gasteiger partial charge in [0.25, 0.3) is 0 Å². The lowest BCUT2D eigenvalue weighted by Gasteiger charge is -2.04. The lowest BCUT2D eigenvalue weighted by atomic mass is 10.00. The number of carboxylic acid groups (broad SMARTS) is 1. The van der Waals surface area contributed by atoms with Gasteiger partial charge in [-0.1, -0.05) is 18.2 Å². The van der Waals surface area contributed by atoms with Crippen LogP contribution < -0.4 is 0 Å². The zero-order chi connectivity index (χ0) is 11.0. The first-order valence-electron chi connectivity index (χ1n) is 4.80. The number of hydrogen-bond acceptors (Lipinski definition) is 2. The Labute approximate surface area is 92.2 Å². The fourth-order valence-electron chi connectivity index (χ4n) is 1.69. The van der Waals surface area contributed by atoms with Crippen LogP contribution in [0.25, 0.3) is 10.1 Å². The Bertz CT molecular complexity index is 513. The number of aryl methyl sites for hydroxylation is 1. The number of rotatable bonds is 2. The van der Waals surface area contributed by atoms with Crippen LogP contribution in [0.5, 0.6) is 0 Å². The van der Waals surface area contributed by atoms with Crippen LogP contribution >= 0.6 is 11.3 Å². The second kappa shape index (κ2) is 3.66. The molecule has 1 unspecified atom stereocenters. The maximum atomic E-state index is 10.9.